The Morgan fingerprint density at radius 3 is 2.58 bits per heavy atom. The van der Waals surface area contributed by atoms with Gasteiger partial charge in [-0.2, -0.15) is 0 Å². The highest BCUT2D eigenvalue weighted by atomic mass is 16.3. The van der Waals surface area contributed by atoms with Crippen molar-refractivity contribution >= 4 is 6.08 Å². The van der Waals surface area contributed by atoms with Gasteiger partial charge in [-0.25, -0.2) is 0 Å². The third-order valence-corrected chi connectivity index (χ3v) is 5.59. The van der Waals surface area contributed by atoms with Gasteiger partial charge in [0, 0.05) is 44.9 Å². The van der Waals surface area contributed by atoms with Crippen LogP contribution in [0.15, 0.2) is 36.4 Å². The molecule has 1 atom stereocenters. The molecule has 1 heterocycles. The van der Waals surface area contributed by atoms with Crippen molar-refractivity contribution in [1.29, 1.82) is 0 Å². The van der Waals surface area contributed by atoms with Crippen molar-refractivity contribution < 1.29 is 5.11 Å². The van der Waals surface area contributed by atoms with Gasteiger partial charge in [0.1, 0.15) is 0 Å². The van der Waals surface area contributed by atoms with E-state index in [2.05, 4.69) is 52.3 Å². The van der Waals surface area contributed by atoms with Gasteiger partial charge in [0.15, 0.2) is 0 Å². The first kappa shape index (κ1) is 17.7. The Hall–Kier alpha value is -1.16. The van der Waals surface area contributed by atoms with E-state index in [-0.39, 0.29) is 0 Å². The molecule has 1 saturated carbocycles. The molecule has 1 aliphatic carbocycles. The fourth-order valence-corrected chi connectivity index (χ4v) is 4.30. The van der Waals surface area contributed by atoms with Gasteiger partial charge >= 0.3 is 0 Å². The zero-order valence-corrected chi connectivity index (χ0v) is 14.8. The summed E-state index contributed by atoms with van der Waals surface area (Å²) in [5.74, 6) is 0. The van der Waals surface area contributed by atoms with Gasteiger partial charge in [-0.05, 0) is 24.8 Å². The maximum atomic E-state index is 9.49. The predicted octanol–water partition coefficient (Wildman–Crippen LogP) is 3.40. The molecule has 0 amide bonds. The van der Waals surface area contributed by atoms with E-state index in [1.165, 1.54) is 37.7 Å². The lowest BCUT2D eigenvalue weighted by Gasteiger charge is -2.46. The fraction of sp³-hybridized carbons (Fsp3) is 0.619. The number of aliphatic hydroxyl groups excluding tert-OH is 1. The predicted molar refractivity (Wildman–Crippen MR) is 101 cm³/mol. The monoisotopic (exact) mass is 328 g/mol. The standard InChI is InChI=1S/C21H32N2O/c24-17-13-21-18-22(14-7-10-19-8-3-1-4-9-19)15-16-23(21)20-11-5-2-6-12-20/h1,3-4,7-10,20-21,24H,2,5-6,11-18H2/b10-7+/t21-/m1/s1. The molecule has 2 aliphatic rings. The topological polar surface area (TPSA) is 26.7 Å². The average Bonchev–Trinajstić information content (AvgIpc) is 2.64. The van der Waals surface area contributed by atoms with Gasteiger partial charge in [0.25, 0.3) is 0 Å². The van der Waals surface area contributed by atoms with Crippen LogP contribution in [-0.4, -0.2) is 59.8 Å². The summed E-state index contributed by atoms with van der Waals surface area (Å²) in [6, 6.07) is 11.8. The molecule has 0 aromatic heterocycles. The van der Waals surface area contributed by atoms with E-state index in [4.69, 9.17) is 0 Å². The van der Waals surface area contributed by atoms with E-state index >= 15 is 0 Å². The quantitative estimate of drug-likeness (QED) is 0.867. The van der Waals surface area contributed by atoms with Gasteiger partial charge in [-0.15, -0.1) is 0 Å². The van der Waals surface area contributed by atoms with Crippen LogP contribution in [0.1, 0.15) is 44.1 Å². The molecule has 0 spiro atoms. The molecule has 0 bridgehead atoms. The van der Waals surface area contributed by atoms with Crippen LogP contribution in [0.4, 0.5) is 0 Å². The van der Waals surface area contributed by atoms with E-state index in [1.807, 2.05) is 0 Å². The van der Waals surface area contributed by atoms with Crippen LogP contribution in [0.2, 0.25) is 0 Å². The largest absolute Gasteiger partial charge is 0.396 e. The maximum absolute atomic E-state index is 9.49. The summed E-state index contributed by atoms with van der Waals surface area (Å²) in [4.78, 5) is 5.26. The average molecular weight is 329 g/mol. The van der Waals surface area contributed by atoms with Gasteiger partial charge in [-0.3, -0.25) is 9.80 Å². The first-order chi connectivity index (χ1) is 11.9. The third kappa shape index (κ3) is 4.92. The van der Waals surface area contributed by atoms with Gasteiger partial charge in [-0.1, -0.05) is 61.7 Å². The van der Waals surface area contributed by atoms with Gasteiger partial charge in [0.05, 0.1) is 0 Å². The minimum atomic E-state index is 0.307. The number of rotatable bonds is 6. The van der Waals surface area contributed by atoms with Crippen molar-refractivity contribution in [3.63, 3.8) is 0 Å². The van der Waals surface area contributed by atoms with Crippen LogP contribution < -0.4 is 0 Å². The Balaban J connectivity index is 1.53. The first-order valence-corrected chi connectivity index (χ1v) is 9.67. The number of aliphatic hydroxyl groups is 1. The molecule has 132 valence electrons. The molecular formula is C21H32N2O. The van der Waals surface area contributed by atoms with Crippen LogP contribution >= 0.6 is 0 Å². The second-order valence-corrected chi connectivity index (χ2v) is 7.27. The molecule has 3 heteroatoms. The molecule has 1 N–H and O–H groups in total. The molecule has 3 nitrogen and oxygen atoms in total. The van der Waals surface area contributed by atoms with Crippen LogP contribution in [0.5, 0.6) is 0 Å². The molecule has 0 radical (unpaired) electrons. The lowest BCUT2D eigenvalue weighted by atomic mass is 9.92. The number of hydrogen-bond acceptors (Lipinski definition) is 3. The molecule has 3 rings (SSSR count). The van der Waals surface area contributed by atoms with Gasteiger partial charge in [0.2, 0.25) is 0 Å². The zero-order valence-electron chi connectivity index (χ0n) is 14.8. The zero-order chi connectivity index (χ0) is 16.6. The fourth-order valence-electron chi connectivity index (χ4n) is 4.30. The first-order valence-electron chi connectivity index (χ1n) is 9.67. The number of hydrogen-bond donors (Lipinski definition) is 1. The number of piperazine rings is 1. The van der Waals surface area contributed by atoms with Crippen LogP contribution in [0, 0.1) is 0 Å². The minimum Gasteiger partial charge on any atom is -0.396 e. The Bertz CT molecular complexity index is 496. The Morgan fingerprint density at radius 1 is 1.04 bits per heavy atom. The van der Waals surface area contributed by atoms with Crippen molar-refractivity contribution in [2.45, 2.75) is 50.6 Å². The van der Waals surface area contributed by atoms with E-state index in [0.29, 0.717) is 12.6 Å². The highest BCUT2D eigenvalue weighted by Crippen LogP contribution is 2.27. The second-order valence-electron chi connectivity index (χ2n) is 7.27. The van der Waals surface area contributed by atoms with Crippen molar-refractivity contribution in [3.8, 4) is 0 Å². The van der Waals surface area contributed by atoms with Crippen molar-refractivity contribution in [2.24, 2.45) is 0 Å². The molecular weight excluding hydrogens is 296 g/mol. The van der Waals surface area contributed by atoms with Crippen LogP contribution in [-0.2, 0) is 0 Å². The number of nitrogens with zero attached hydrogens (tertiary/aromatic N) is 2. The normalized spacial score (nSPS) is 24.6. The summed E-state index contributed by atoms with van der Waals surface area (Å²) in [5, 5.41) is 9.49. The molecule has 1 aromatic carbocycles. The summed E-state index contributed by atoms with van der Waals surface area (Å²) in [6.07, 6.45) is 12.3. The Morgan fingerprint density at radius 2 is 1.83 bits per heavy atom. The summed E-state index contributed by atoms with van der Waals surface area (Å²) in [6.45, 7) is 4.72. The van der Waals surface area contributed by atoms with Crippen molar-refractivity contribution in [2.75, 3.05) is 32.8 Å². The molecule has 0 unspecified atom stereocenters. The third-order valence-electron chi connectivity index (χ3n) is 5.59. The molecule has 24 heavy (non-hydrogen) atoms. The second kappa shape index (κ2) is 9.36. The van der Waals surface area contributed by atoms with Crippen molar-refractivity contribution in [1.82, 2.24) is 9.80 Å². The number of benzene rings is 1. The van der Waals surface area contributed by atoms with Crippen LogP contribution in [0.3, 0.4) is 0 Å². The molecule has 1 saturated heterocycles. The summed E-state index contributed by atoms with van der Waals surface area (Å²) in [5.41, 5.74) is 1.27. The van der Waals surface area contributed by atoms with E-state index in [1.54, 1.807) is 0 Å². The van der Waals surface area contributed by atoms with E-state index in [0.717, 1.165) is 38.6 Å². The Labute approximate surface area is 147 Å². The van der Waals surface area contributed by atoms with Crippen LogP contribution in [0.25, 0.3) is 6.08 Å². The SMILES string of the molecule is OCC[C@@H]1CN(C/C=C/c2ccccc2)CCN1C1CCCCC1. The smallest absolute Gasteiger partial charge is 0.0446 e. The lowest BCUT2D eigenvalue weighted by molar-refractivity contribution is 0.0206. The molecule has 1 aromatic rings. The van der Waals surface area contributed by atoms with E-state index < -0.39 is 0 Å². The Kier molecular flexibility index (Phi) is 6.88. The summed E-state index contributed by atoms with van der Waals surface area (Å²) in [7, 11) is 0. The van der Waals surface area contributed by atoms with E-state index in [9.17, 15) is 5.11 Å². The lowest BCUT2D eigenvalue weighted by Crippen LogP contribution is -2.57. The minimum absolute atomic E-state index is 0.307. The highest BCUT2D eigenvalue weighted by Gasteiger charge is 2.31. The highest BCUT2D eigenvalue weighted by molar-refractivity contribution is 5.48. The summed E-state index contributed by atoms with van der Waals surface area (Å²) < 4.78 is 0. The molecule has 2 fully saturated rings. The molecule has 1 aliphatic heterocycles. The summed E-state index contributed by atoms with van der Waals surface area (Å²) >= 11 is 0. The maximum Gasteiger partial charge on any atom is 0.0446 e. The van der Waals surface area contributed by atoms with Gasteiger partial charge < -0.3 is 5.11 Å². The van der Waals surface area contributed by atoms with Crippen molar-refractivity contribution in [3.05, 3.63) is 42.0 Å².